The van der Waals surface area contributed by atoms with Crippen LogP contribution in [-0.4, -0.2) is 35.6 Å². The van der Waals surface area contributed by atoms with Gasteiger partial charge in [-0.25, -0.2) is 13.8 Å². The van der Waals surface area contributed by atoms with Crippen LogP contribution in [0.15, 0.2) is 42.5 Å². The van der Waals surface area contributed by atoms with Crippen LogP contribution >= 0.6 is 12.4 Å². The lowest BCUT2D eigenvalue weighted by molar-refractivity contribution is -0.0811. The Bertz CT molecular complexity index is 890. The molecule has 0 bridgehead atoms. The summed E-state index contributed by atoms with van der Waals surface area (Å²) in [5.41, 5.74) is 2.42. The van der Waals surface area contributed by atoms with Gasteiger partial charge in [-0.15, -0.1) is 12.4 Å². The molecule has 3 rings (SSSR count). The Balaban J connectivity index is 0.00000341. The van der Waals surface area contributed by atoms with E-state index in [0.717, 1.165) is 5.56 Å². The number of rotatable bonds is 9. The molecule has 1 aromatic carbocycles. The van der Waals surface area contributed by atoms with Crippen molar-refractivity contribution in [2.45, 2.75) is 51.4 Å². The summed E-state index contributed by atoms with van der Waals surface area (Å²) < 4.78 is 28.0. The van der Waals surface area contributed by atoms with Gasteiger partial charge >= 0.3 is 0 Å². The summed E-state index contributed by atoms with van der Waals surface area (Å²) in [5, 5.41) is 3.01. The summed E-state index contributed by atoms with van der Waals surface area (Å²) in [6.45, 7) is 2.37. The number of carbonyl (C=O) groups excluding carboxylic acids is 2. The van der Waals surface area contributed by atoms with Crippen molar-refractivity contribution in [1.29, 1.82) is 0 Å². The molecular weight excluding hydrogens is 422 g/mol. The third-order valence-corrected chi connectivity index (χ3v) is 5.61. The number of piperidine rings is 1. The Kier molecular flexibility index (Phi) is 9.26. The second kappa shape index (κ2) is 11.4. The van der Waals surface area contributed by atoms with Gasteiger partial charge in [-0.05, 0) is 30.5 Å². The van der Waals surface area contributed by atoms with E-state index in [1.165, 1.54) is 0 Å². The minimum Gasteiger partial charge on any atom is -0.316 e. The van der Waals surface area contributed by atoms with Gasteiger partial charge < -0.3 is 5.32 Å². The molecule has 31 heavy (non-hydrogen) atoms. The topological polar surface area (TPSA) is 59.1 Å². The molecule has 1 atom stereocenters. The third-order valence-electron chi connectivity index (χ3n) is 5.61. The highest BCUT2D eigenvalue weighted by Gasteiger charge is 2.40. The van der Waals surface area contributed by atoms with E-state index < -0.39 is 11.8 Å². The largest absolute Gasteiger partial charge is 0.316 e. The average Bonchev–Trinajstić information content (AvgIpc) is 2.74. The van der Waals surface area contributed by atoms with Crippen LogP contribution in [0.5, 0.6) is 0 Å². The molecule has 1 saturated heterocycles. The number of ketones is 2. The van der Waals surface area contributed by atoms with E-state index in [-0.39, 0.29) is 49.1 Å². The molecule has 7 heteroatoms. The van der Waals surface area contributed by atoms with Crippen LogP contribution < -0.4 is 5.32 Å². The minimum atomic E-state index is -2.67. The van der Waals surface area contributed by atoms with E-state index in [4.69, 9.17) is 0 Å². The van der Waals surface area contributed by atoms with Crippen molar-refractivity contribution in [3.8, 4) is 0 Å². The van der Waals surface area contributed by atoms with Crippen molar-refractivity contribution in [3.63, 3.8) is 0 Å². The van der Waals surface area contributed by atoms with Crippen molar-refractivity contribution in [1.82, 2.24) is 10.3 Å². The fourth-order valence-corrected chi connectivity index (χ4v) is 3.82. The molecule has 2 heterocycles. The number of hydrogen-bond donors (Lipinski definition) is 1. The lowest BCUT2D eigenvalue weighted by Crippen LogP contribution is -2.44. The van der Waals surface area contributed by atoms with Gasteiger partial charge in [0.1, 0.15) is 5.69 Å². The van der Waals surface area contributed by atoms with E-state index >= 15 is 0 Å². The zero-order chi connectivity index (χ0) is 21.6. The first-order valence-corrected chi connectivity index (χ1v) is 10.6. The van der Waals surface area contributed by atoms with E-state index in [2.05, 4.69) is 10.3 Å². The number of carbonyl (C=O) groups is 2. The first-order chi connectivity index (χ1) is 14.4. The highest BCUT2D eigenvalue weighted by molar-refractivity contribution is 6.00. The predicted molar refractivity (Wildman–Crippen MR) is 119 cm³/mol. The summed E-state index contributed by atoms with van der Waals surface area (Å²) in [5.74, 6) is -3.66. The lowest BCUT2D eigenvalue weighted by atomic mass is 9.89. The molecule has 1 unspecified atom stereocenters. The summed E-state index contributed by atoms with van der Waals surface area (Å²) in [6.07, 6.45) is 1.55. The van der Waals surface area contributed by atoms with E-state index in [1.54, 1.807) is 19.1 Å². The molecule has 1 aromatic heterocycles. The molecule has 168 valence electrons. The van der Waals surface area contributed by atoms with Crippen molar-refractivity contribution in [2.75, 3.05) is 13.1 Å². The standard InChI is InChI=1S/C24H28F2N2O2.ClH/c1-2-22(29)21-15-18(14-20(28-21)13-17-7-4-3-5-8-17)23(30)10-6-9-19-16-27-12-11-24(19,25)26;/h3-5,7-8,14-15,19,27H,2,6,9-13,16H2,1H3;1H. The summed E-state index contributed by atoms with van der Waals surface area (Å²) in [7, 11) is 0. The lowest BCUT2D eigenvalue weighted by Gasteiger charge is -2.31. The van der Waals surface area contributed by atoms with E-state index in [0.29, 0.717) is 43.5 Å². The smallest absolute Gasteiger partial charge is 0.253 e. The molecular formula is C24H29ClF2N2O2. The molecule has 0 amide bonds. The quantitative estimate of drug-likeness (QED) is 0.528. The molecule has 1 aliphatic rings. The molecule has 4 nitrogen and oxygen atoms in total. The van der Waals surface area contributed by atoms with Crippen molar-refractivity contribution >= 4 is 24.0 Å². The maximum Gasteiger partial charge on any atom is 0.253 e. The van der Waals surface area contributed by atoms with Crippen LogP contribution in [-0.2, 0) is 6.42 Å². The molecule has 0 spiro atoms. The number of pyridine rings is 1. The van der Waals surface area contributed by atoms with E-state index in [9.17, 15) is 18.4 Å². The second-order valence-electron chi connectivity index (χ2n) is 7.90. The van der Waals surface area contributed by atoms with Crippen LogP contribution in [0.1, 0.15) is 71.1 Å². The Morgan fingerprint density at radius 3 is 2.58 bits per heavy atom. The molecule has 0 saturated carbocycles. The van der Waals surface area contributed by atoms with Gasteiger partial charge in [-0.1, -0.05) is 37.3 Å². The Morgan fingerprint density at radius 2 is 1.90 bits per heavy atom. The van der Waals surface area contributed by atoms with Crippen LogP contribution in [0, 0.1) is 5.92 Å². The summed E-state index contributed by atoms with van der Waals surface area (Å²) in [6, 6.07) is 13.0. The second-order valence-corrected chi connectivity index (χ2v) is 7.90. The maximum absolute atomic E-state index is 14.0. The van der Waals surface area contributed by atoms with Crippen molar-refractivity contribution in [3.05, 3.63) is 65.0 Å². The van der Waals surface area contributed by atoms with Gasteiger partial charge in [0, 0.05) is 55.9 Å². The number of Topliss-reactive ketones (excluding diaryl/α,β-unsaturated/α-hetero) is 2. The SMILES string of the molecule is CCC(=O)c1cc(C(=O)CCCC2CNCCC2(F)F)cc(Cc2ccccc2)n1.Cl. The molecule has 0 radical (unpaired) electrons. The predicted octanol–water partition coefficient (Wildman–Crippen LogP) is 5.28. The summed E-state index contributed by atoms with van der Waals surface area (Å²) >= 11 is 0. The first kappa shape index (κ1) is 25.1. The fraction of sp³-hybridized carbons (Fsp3) is 0.458. The molecule has 1 aliphatic heterocycles. The monoisotopic (exact) mass is 450 g/mol. The number of alkyl halides is 2. The van der Waals surface area contributed by atoms with Crippen LogP contribution in [0.3, 0.4) is 0 Å². The van der Waals surface area contributed by atoms with Gasteiger partial charge in [0.15, 0.2) is 11.6 Å². The van der Waals surface area contributed by atoms with Crippen molar-refractivity contribution in [2.24, 2.45) is 5.92 Å². The van der Waals surface area contributed by atoms with Crippen LogP contribution in [0.4, 0.5) is 8.78 Å². The molecule has 0 aliphatic carbocycles. The van der Waals surface area contributed by atoms with E-state index in [1.807, 2.05) is 30.3 Å². The van der Waals surface area contributed by atoms with Crippen LogP contribution in [0.2, 0.25) is 0 Å². The first-order valence-electron chi connectivity index (χ1n) is 10.6. The highest BCUT2D eigenvalue weighted by Crippen LogP contribution is 2.33. The number of benzene rings is 1. The summed E-state index contributed by atoms with van der Waals surface area (Å²) in [4.78, 5) is 29.4. The van der Waals surface area contributed by atoms with Gasteiger partial charge in [0.2, 0.25) is 0 Å². The van der Waals surface area contributed by atoms with Crippen LogP contribution in [0.25, 0.3) is 0 Å². The Hall–Kier alpha value is -2.18. The fourth-order valence-electron chi connectivity index (χ4n) is 3.82. The molecule has 2 aromatic rings. The van der Waals surface area contributed by atoms with Gasteiger partial charge in [0.05, 0.1) is 0 Å². The Labute approximate surface area is 188 Å². The zero-order valence-electron chi connectivity index (χ0n) is 17.7. The number of aromatic nitrogens is 1. The maximum atomic E-state index is 14.0. The molecule has 1 fully saturated rings. The van der Waals surface area contributed by atoms with Crippen molar-refractivity contribution < 1.29 is 18.4 Å². The van der Waals surface area contributed by atoms with Gasteiger partial charge in [-0.3, -0.25) is 9.59 Å². The Morgan fingerprint density at radius 1 is 1.16 bits per heavy atom. The highest BCUT2D eigenvalue weighted by atomic mass is 35.5. The minimum absolute atomic E-state index is 0. The number of nitrogens with zero attached hydrogens (tertiary/aromatic N) is 1. The van der Waals surface area contributed by atoms with Gasteiger partial charge in [-0.2, -0.15) is 0 Å². The number of hydrogen-bond acceptors (Lipinski definition) is 4. The molecule has 1 N–H and O–H groups in total. The normalized spacial score (nSPS) is 17.6. The zero-order valence-corrected chi connectivity index (χ0v) is 18.5. The third kappa shape index (κ3) is 6.91. The number of halogens is 3. The average molecular weight is 451 g/mol. The van der Waals surface area contributed by atoms with Gasteiger partial charge in [0.25, 0.3) is 5.92 Å². The number of nitrogens with one attached hydrogen (secondary N) is 1.